The van der Waals surface area contributed by atoms with Gasteiger partial charge in [-0.15, -0.1) is 11.8 Å². The molecule has 1 unspecified atom stereocenters. The van der Waals surface area contributed by atoms with Gasteiger partial charge in [-0.2, -0.15) is 4.98 Å². The van der Waals surface area contributed by atoms with E-state index in [9.17, 15) is 9.59 Å². The number of aryl methyl sites for hydroxylation is 1. The lowest BCUT2D eigenvalue weighted by Gasteiger charge is -2.32. The van der Waals surface area contributed by atoms with E-state index in [0.29, 0.717) is 28.9 Å². The summed E-state index contributed by atoms with van der Waals surface area (Å²) in [6, 6.07) is 0.454. The summed E-state index contributed by atoms with van der Waals surface area (Å²) in [6.45, 7) is 4.85. The van der Waals surface area contributed by atoms with E-state index in [2.05, 4.69) is 21.9 Å². The zero-order chi connectivity index (χ0) is 16.1. The molecule has 0 aliphatic carbocycles. The fourth-order valence-corrected chi connectivity index (χ4v) is 3.94. The Morgan fingerprint density at radius 2 is 2.27 bits per heavy atom. The third kappa shape index (κ3) is 4.10. The minimum Gasteiger partial charge on any atom is -0.462 e. The van der Waals surface area contributed by atoms with E-state index in [0.717, 1.165) is 18.7 Å². The minimum atomic E-state index is -0.428. The fourth-order valence-electron chi connectivity index (χ4n) is 2.64. The molecule has 1 aromatic heterocycles. The lowest BCUT2D eigenvalue weighted by atomic mass is 10.1. The first-order chi connectivity index (χ1) is 10.5. The molecular formula is C15H23N3O3S. The van der Waals surface area contributed by atoms with E-state index in [4.69, 9.17) is 4.74 Å². The number of piperidine rings is 1. The zero-order valence-electron chi connectivity index (χ0n) is 13.3. The summed E-state index contributed by atoms with van der Waals surface area (Å²) < 4.78 is 5.08. The maximum absolute atomic E-state index is 12.1. The molecule has 7 heteroatoms. The predicted octanol–water partition coefficient (Wildman–Crippen LogP) is 1.83. The number of likely N-dealkylation sites (tertiary alicyclic amines) is 1. The second-order valence-corrected chi connectivity index (χ2v) is 6.52. The number of nitrogens with one attached hydrogen (secondary N) is 1. The topological polar surface area (TPSA) is 75.3 Å². The van der Waals surface area contributed by atoms with Gasteiger partial charge in [0.15, 0.2) is 0 Å². The highest BCUT2D eigenvalue weighted by atomic mass is 32.2. The van der Waals surface area contributed by atoms with Gasteiger partial charge in [-0.1, -0.05) is 6.42 Å². The number of thioether (sulfide) groups is 1. The number of ether oxygens (including phenoxy) is 1. The Hall–Kier alpha value is -1.34. The van der Waals surface area contributed by atoms with Crippen LogP contribution in [0.2, 0.25) is 0 Å². The van der Waals surface area contributed by atoms with Crippen LogP contribution in [-0.4, -0.2) is 52.8 Å². The minimum absolute atomic E-state index is 0.298. The highest BCUT2D eigenvalue weighted by molar-refractivity contribution is 7.99. The molecule has 0 spiro atoms. The normalized spacial score (nSPS) is 19.1. The summed E-state index contributed by atoms with van der Waals surface area (Å²) in [5.41, 5.74) is 0.466. The van der Waals surface area contributed by atoms with Crippen LogP contribution in [0.1, 0.15) is 42.2 Å². The van der Waals surface area contributed by atoms with Crippen molar-refractivity contribution in [2.45, 2.75) is 44.2 Å². The molecule has 1 fully saturated rings. The molecule has 1 aliphatic rings. The molecule has 2 heterocycles. The van der Waals surface area contributed by atoms with E-state index in [1.54, 1.807) is 13.8 Å². The van der Waals surface area contributed by atoms with Crippen LogP contribution in [0.3, 0.4) is 0 Å². The van der Waals surface area contributed by atoms with Gasteiger partial charge >= 0.3 is 11.7 Å². The van der Waals surface area contributed by atoms with Crippen LogP contribution in [0.15, 0.2) is 9.82 Å². The Kier molecular flexibility index (Phi) is 6.02. The smallest absolute Gasteiger partial charge is 0.346 e. The number of carbonyl (C=O) groups excluding carboxylic acids is 1. The van der Waals surface area contributed by atoms with Gasteiger partial charge in [0, 0.05) is 17.5 Å². The number of aromatic nitrogens is 2. The van der Waals surface area contributed by atoms with Crippen molar-refractivity contribution in [2.24, 2.45) is 0 Å². The van der Waals surface area contributed by atoms with Gasteiger partial charge in [0.2, 0.25) is 0 Å². The number of aromatic amines is 1. The van der Waals surface area contributed by atoms with Gasteiger partial charge in [-0.25, -0.2) is 9.59 Å². The largest absolute Gasteiger partial charge is 0.462 e. The van der Waals surface area contributed by atoms with Gasteiger partial charge in [0.05, 0.1) is 6.61 Å². The Morgan fingerprint density at radius 1 is 1.50 bits per heavy atom. The highest BCUT2D eigenvalue weighted by Gasteiger charge is 2.23. The molecule has 22 heavy (non-hydrogen) atoms. The first-order valence-electron chi connectivity index (χ1n) is 7.64. The summed E-state index contributed by atoms with van der Waals surface area (Å²) in [5.74, 6) is 0.391. The van der Waals surface area contributed by atoms with E-state index in [1.165, 1.54) is 24.6 Å². The molecule has 0 radical (unpaired) electrons. The summed E-state index contributed by atoms with van der Waals surface area (Å²) in [4.78, 5) is 32.6. The van der Waals surface area contributed by atoms with Crippen molar-refractivity contribution in [3.63, 3.8) is 0 Å². The summed E-state index contributed by atoms with van der Waals surface area (Å²) >= 11 is 1.47. The molecular weight excluding hydrogens is 302 g/mol. The summed E-state index contributed by atoms with van der Waals surface area (Å²) in [7, 11) is 2.12. The zero-order valence-corrected chi connectivity index (χ0v) is 14.2. The highest BCUT2D eigenvalue weighted by Crippen LogP contribution is 2.26. The lowest BCUT2D eigenvalue weighted by molar-refractivity contribution is 0.0519. The Bertz CT molecular complexity index is 588. The number of hydrogen-bond acceptors (Lipinski definition) is 6. The van der Waals surface area contributed by atoms with Gasteiger partial charge in [0.1, 0.15) is 10.6 Å². The molecule has 1 saturated heterocycles. The van der Waals surface area contributed by atoms with Crippen molar-refractivity contribution in [1.82, 2.24) is 14.9 Å². The molecule has 0 saturated carbocycles. The lowest BCUT2D eigenvalue weighted by Crippen LogP contribution is -2.38. The van der Waals surface area contributed by atoms with E-state index < -0.39 is 11.7 Å². The first-order valence-corrected chi connectivity index (χ1v) is 8.62. The summed E-state index contributed by atoms with van der Waals surface area (Å²) in [5, 5.41) is 0.471. The maximum Gasteiger partial charge on any atom is 0.346 e. The fraction of sp³-hybridized carbons (Fsp3) is 0.667. The molecule has 1 aliphatic heterocycles. The van der Waals surface area contributed by atoms with Crippen LogP contribution in [0, 0.1) is 6.92 Å². The Morgan fingerprint density at radius 3 is 2.95 bits per heavy atom. The molecule has 0 aromatic carbocycles. The van der Waals surface area contributed by atoms with Gasteiger partial charge < -0.3 is 14.6 Å². The monoisotopic (exact) mass is 325 g/mol. The van der Waals surface area contributed by atoms with Crippen molar-refractivity contribution < 1.29 is 9.53 Å². The number of hydrogen-bond donors (Lipinski definition) is 1. The number of nitrogens with zero attached hydrogens (tertiary/aromatic N) is 2. The molecule has 0 amide bonds. The Balaban J connectivity index is 2.18. The van der Waals surface area contributed by atoms with Crippen molar-refractivity contribution in [3.05, 3.63) is 21.7 Å². The standard InChI is InChI=1S/C15H23N3O3S/c1-4-21-14(19)12-10(2)16-15(20)17-13(12)22-9-11-7-5-6-8-18(11)3/h11H,4-9H2,1-3H3,(H,16,17,20). The number of H-pyrrole nitrogens is 1. The maximum atomic E-state index is 12.1. The van der Waals surface area contributed by atoms with Crippen LogP contribution < -0.4 is 5.69 Å². The van der Waals surface area contributed by atoms with Gasteiger partial charge in [-0.05, 0) is 40.3 Å². The van der Waals surface area contributed by atoms with Crippen molar-refractivity contribution in [3.8, 4) is 0 Å². The second-order valence-electron chi connectivity index (χ2n) is 5.51. The Labute approximate surface area is 134 Å². The molecule has 1 N–H and O–H groups in total. The van der Waals surface area contributed by atoms with E-state index >= 15 is 0 Å². The average molecular weight is 325 g/mol. The van der Waals surface area contributed by atoms with Gasteiger partial charge in [0.25, 0.3) is 0 Å². The van der Waals surface area contributed by atoms with Crippen molar-refractivity contribution in [2.75, 3.05) is 26.0 Å². The number of esters is 1. The van der Waals surface area contributed by atoms with Crippen LogP contribution in [-0.2, 0) is 4.74 Å². The predicted molar refractivity (Wildman–Crippen MR) is 86.5 cm³/mol. The molecule has 1 aromatic rings. The third-order valence-electron chi connectivity index (χ3n) is 3.90. The number of rotatable bonds is 5. The quantitative estimate of drug-likeness (QED) is 0.506. The molecule has 122 valence electrons. The van der Waals surface area contributed by atoms with Crippen molar-refractivity contribution in [1.29, 1.82) is 0 Å². The SMILES string of the molecule is CCOC(=O)c1c(SCC2CCCCN2C)nc(=O)[nH]c1C. The number of carbonyl (C=O) groups is 1. The third-order valence-corrected chi connectivity index (χ3v) is 5.02. The van der Waals surface area contributed by atoms with E-state index in [1.807, 2.05) is 0 Å². The molecule has 0 bridgehead atoms. The van der Waals surface area contributed by atoms with Crippen LogP contribution in [0.4, 0.5) is 0 Å². The van der Waals surface area contributed by atoms with E-state index in [-0.39, 0.29) is 0 Å². The average Bonchev–Trinajstić information content (AvgIpc) is 2.46. The van der Waals surface area contributed by atoms with Crippen molar-refractivity contribution >= 4 is 17.7 Å². The van der Waals surface area contributed by atoms with Crippen LogP contribution in [0.5, 0.6) is 0 Å². The van der Waals surface area contributed by atoms with Crippen LogP contribution >= 0.6 is 11.8 Å². The molecule has 1 atom stereocenters. The summed E-state index contributed by atoms with van der Waals surface area (Å²) in [6.07, 6.45) is 3.59. The van der Waals surface area contributed by atoms with Crippen LogP contribution in [0.25, 0.3) is 0 Å². The first kappa shape index (κ1) is 17.0. The molecule has 6 nitrogen and oxygen atoms in total. The molecule has 2 rings (SSSR count). The second kappa shape index (κ2) is 7.78. The van der Waals surface area contributed by atoms with Gasteiger partial charge in [-0.3, -0.25) is 0 Å².